The van der Waals surface area contributed by atoms with E-state index in [0.29, 0.717) is 0 Å². The van der Waals surface area contributed by atoms with Gasteiger partial charge in [-0.3, -0.25) is 0 Å². The summed E-state index contributed by atoms with van der Waals surface area (Å²) in [6, 6.07) is 0. The van der Waals surface area contributed by atoms with Gasteiger partial charge in [-0.15, -0.1) is 0 Å². The minimum Gasteiger partial charge on any atom is -0.219 e. The molecule has 0 spiro atoms. The third-order valence-electron chi connectivity index (χ3n) is 0.206. The summed E-state index contributed by atoms with van der Waals surface area (Å²) in [5, 5.41) is 24.4. The highest BCUT2D eigenvalue weighted by Crippen LogP contribution is 1.88. The van der Waals surface area contributed by atoms with Gasteiger partial charge in [-0.25, -0.2) is 5.26 Å². The third kappa shape index (κ3) is 8.45. The van der Waals surface area contributed by atoms with E-state index in [1.54, 1.807) is 0 Å². The van der Waals surface area contributed by atoms with Gasteiger partial charge in [-0.2, -0.15) is 4.89 Å². The van der Waals surface area contributed by atoms with E-state index in [4.69, 9.17) is 5.26 Å². The summed E-state index contributed by atoms with van der Waals surface area (Å²) in [6.07, 6.45) is 0. The Morgan fingerprint density at radius 2 is 1.78 bits per heavy atom. The summed E-state index contributed by atoms with van der Waals surface area (Å²) in [5.41, 5.74) is 0. The maximum Gasteiger partial charge on any atom is 0.137 e. The summed E-state index contributed by atoms with van der Waals surface area (Å²) in [6.45, 7) is 0. The van der Waals surface area contributed by atoms with E-state index in [9.17, 15) is 0 Å². The van der Waals surface area contributed by atoms with Gasteiger partial charge in [0.15, 0.2) is 0 Å². The Balaban J connectivity index is 2.60. The summed E-state index contributed by atoms with van der Waals surface area (Å²) in [7, 11) is 0. The van der Waals surface area contributed by atoms with Crippen LogP contribution in [0.2, 0.25) is 0 Å². The first-order valence-corrected chi connectivity index (χ1v) is 3.10. The van der Waals surface area contributed by atoms with Gasteiger partial charge < -0.3 is 0 Å². The van der Waals surface area contributed by atoms with Gasteiger partial charge in [0.05, 0.1) is 0 Å². The SMILES string of the molecule is OOOOOOOCI. The van der Waals surface area contributed by atoms with Gasteiger partial charge in [-0.1, -0.05) is 22.6 Å². The van der Waals surface area contributed by atoms with Crippen molar-refractivity contribution in [3.8, 4) is 0 Å². The standard InChI is InChI=1S/CH3IO7/c2-1-4-6-8-9-7-5-3/h3H,1H2. The van der Waals surface area contributed by atoms with E-state index in [-0.39, 0.29) is 4.61 Å². The topological polar surface area (TPSA) is 75.6 Å². The third-order valence-corrected chi connectivity index (χ3v) is 0.461. The molecule has 0 heterocycles. The molecule has 0 aromatic rings. The lowest BCUT2D eigenvalue weighted by atomic mass is 11.8. The number of hydrogen-bond acceptors (Lipinski definition) is 7. The lowest BCUT2D eigenvalue weighted by molar-refractivity contribution is -0.786. The molecule has 0 aliphatic rings. The van der Waals surface area contributed by atoms with E-state index in [1.807, 2.05) is 22.6 Å². The fourth-order valence-corrected chi connectivity index (χ4v) is 0.177. The second kappa shape index (κ2) is 8.45. The quantitative estimate of drug-likeness (QED) is 0.243. The Hall–Kier alpha value is 0.450. The minimum atomic E-state index is 0.251. The van der Waals surface area contributed by atoms with Crippen molar-refractivity contribution in [2.45, 2.75) is 0 Å². The molecular formula is CH3IO7. The lowest BCUT2D eigenvalue weighted by Gasteiger charge is -1.94. The first-order valence-electron chi connectivity index (χ1n) is 1.57. The van der Waals surface area contributed by atoms with Crippen molar-refractivity contribution >= 4 is 22.6 Å². The van der Waals surface area contributed by atoms with E-state index in [1.165, 1.54) is 0 Å². The monoisotopic (exact) mass is 254 g/mol. The number of rotatable bonds is 6. The lowest BCUT2D eigenvalue weighted by Crippen LogP contribution is -1.97. The van der Waals surface area contributed by atoms with E-state index in [2.05, 4.69) is 30.1 Å². The van der Waals surface area contributed by atoms with Crippen LogP contribution in [0.5, 0.6) is 0 Å². The second-order valence-electron chi connectivity index (χ2n) is 0.574. The van der Waals surface area contributed by atoms with Gasteiger partial charge in [0, 0.05) is 0 Å². The maximum absolute atomic E-state index is 7.40. The Kier molecular flexibility index (Phi) is 8.87. The molecule has 9 heavy (non-hydrogen) atoms. The fraction of sp³-hybridized carbons (Fsp3) is 1.00. The van der Waals surface area contributed by atoms with Gasteiger partial charge in [-0.05, 0) is 25.2 Å². The molecule has 56 valence electrons. The van der Waals surface area contributed by atoms with Crippen LogP contribution >= 0.6 is 22.6 Å². The highest BCUT2D eigenvalue weighted by Gasteiger charge is 1.88. The number of hydrogen-bond donors (Lipinski definition) is 1. The van der Waals surface area contributed by atoms with Crippen LogP contribution in [0, 0.1) is 0 Å². The largest absolute Gasteiger partial charge is 0.219 e. The summed E-state index contributed by atoms with van der Waals surface area (Å²) >= 11 is 1.84. The minimum absolute atomic E-state index is 0.251. The van der Waals surface area contributed by atoms with Crippen LogP contribution in [0.3, 0.4) is 0 Å². The van der Waals surface area contributed by atoms with Crippen molar-refractivity contribution in [1.82, 2.24) is 0 Å². The zero-order valence-electron chi connectivity index (χ0n) is 3.98. The molecule has 8 heteroatoms. The van der Waals surface area contributed by atoms with Gasteiger partial charge in [0.25, 0.3) is 0 Å². The molecule has 0 amide bonds. The Morgan fingerprint density at radius 1 is 1.11 bits per heavy atom. The molecule has 0 radical (unpaired) electrons. The molecule has 0 aromatic heterocycles. The van der Waals surface area contributed by atoms with Crippen molar-refractivity contribution < 1.29 is 35.3 Å². The molecule has 0 bridgehead atoms. The molecule has 0 saturated heterocycles. The average Bonchev–Trinajstić information content (AvgIpc) is 1.89. The molecule has 0 unspecified atom stereocenters. The van der Waals surface area contributed by atoms with Crippen LogP contribution in [-0.4, -0.2) is 9.87 Å². The van der Waals surface area contributed by atoms with E-state index >= 15 is 0 Å². The van der Waals surface area contributed by atoms with Crippen LogP contribution in [-0.2, 0) is 30.1 Å². The van der Waals surface area contributed by atoms with Crippen molar-refractivity contribution in [3.63, 3.8) is 0 Å². The normalized spacial score (nSPS) is 10.0. The average molecular weight is 254 g/mol. The molecule has 7 nitrogen and oxygen atoms in total. The Bertz CT molecular complexity index is 42.2. The molecule has 0 aliphatic heterocycles. The molecular weight excluding hydrogens is 251 g/mol. The van der Waals surface area contributed by atoms with Crippen molar-refractivity contribution in [3.05, 3.63) is 0 Å². The van der Waals surface area contributed by atoms with Crippen LogP contribution in [0.15, 0.2) is 0 Å². The molecule has 0 atom stereocenters. The van der Waals surface area contributed by atoms with Gasteiger partial charge in [0.1, 0.15) is 4.61 Å². The van der Waals surface area contributed by atoms with Gasteiger partial charge in [0.2, 0.25) is 0 Å². The molecule has 0 saturated carbocycles. The Labute approximate surface area is 63.1 Å². The van der Waals surface area contributed by atoms with Crippen LogP contribution in [0.25, 0.3) is 0 Å². The zero-order chi connectivity index (χ0) is 6.95. The predicted octanol–water partition coefficient (Wildman–Crippen LogP) is 0.526. The second-order valence-corrected chi connectivity index (χ2v) is 1.20. The molecule has 0 fully saturated rings. The summed E-state index contributed by atoms with van der Waals surface area (Å²) < 4.78 is 0.251. The van der Waals surface area contributed by atoms with E-state index in [0.717, 1.165) is 0 Å². The predicted molar refractivity (Wildman–Crippen MR) is 28.0 cm³/mol. The fourth-order valence-electron chi connectivity index (χ4n) is 0.0729. The summed E-state index contributed by atoms with van der Waals surface area (Å²) in [5.74, 6) is 0. The smallest absolute Gasteiger partial charge is 0.137 e. The highest BCUT2D eigenvalue weighted by atomic mass is 127. The molecule has 1 N–H and O–H groups in total. The van der Waals surface area contributed by atoms with E-state index < -0.39 is 0 Å². The first-order chi connectivity index (χ1) is 4.41. The van der Waals surface area contributed by atoms with Crippen molar-refractivity contribution in [2.24, 2.45) is 0 Å². The maximum atomic E-state index is 7.40. The first kappa shape index (κ1) is 9.45. The van der Waals surface area contributed by atoms with Crippen molar-refractivity contribution in [1.29, 1.82) is 0 Å². The van der Waals surface area contributed by atoms with Crippen LogP contribution < -0.4 is 0 Å². The van der Waals surface area contributed by atoms with Crippen LogP contribution in [0.1, 0.15) is 0 Å². The molecule has 0 aromatic carbocycles. The highest BCUT2D eigenvalue weighted by molar-refractivity contribution is 14.1. The molecule has 0 rings (SSSR count). The molecule has 0 aliphatic carbocycles. The van der Waals surface area contributed by atoms with Crippen molar-refractivity contribution in [2.75, 3.05) is 4.61 Å². The zero-order valence-corrected chi connectivity index (χ0v) is 6.14. The van der Waals surface area contributed by atoms with Gasteiger partial charge >= 0.3 is 0 Å². The summed E-state index contributed by atoms with van der Waals surface area (Å²) in [4.78, 5) is 4.10. The number of alkyl halides is 1. The Morgan fingerprint density at radius 3 is 2.33 bits per heavy atom. The number of halogens is 1. The van der Waals surface area contributed by atoms with Crippen LogP contribution in [0.4, 0.5) is 0 Å².